The zero-order chi connectivity index (χ0) is 12.6. The summed E-state index contributed by atoms with van der Waals surface area (Å²) in [6.07, 6.45) is 0. The third-order valence-electron chi connectivity index (χ3n) is 2.09. The van der Waals surface area contributed by atoms with Crippen molar-refractivity contribution in [3.05, 3.63) is 53.0 Å². The molecule has 90 valence electrons. The molecule has 0 aliphatic heterocycles. The summed E-state index contributed by atoms with van der Waals surface area (Å²) in [5.74, 6) is 0. The van der Waals surface area contributed by atoms with E-state index in [-0.39, 0.29) is 5.38 Å². The fourth-order valence-electron chi connectivity index (χ4n) is 1.37. The van der Waals surface area contributed by atoms with Crippen LogP contribution in [0.4, 0.5) is 0 Å². The molecule has 0 aliphatic rings. The zero-order valence-electron chi connectivity index (χ0n) is 8.18. The van der Waals surface area contributed by atoms with Crippen molar-refractivity contribution in [2.24, 2.45) is 0 Å². The predicted octanol–water partition coefficient (Wildman–Crippen LogP) is 6.91. The van der Waals surface area contributed by atoms with Gasteiger partial charge in [-0.05, 0) is 61.7 Å². The highest BCUT2D eigenvalue weighted by atomic mass is 79.9. The van der Waals surface area contributed by atoms with Crippen LogP contribution in [-0.4, -0.2) is 0 Å². The Morgan fingerprint density at radius 3 is 2.06 bits per heavy atom. The second-order valence-electron chi connectivity index (χ2n) is 3.34. The summed E-state index contributed by atoms with van der Waals surface area (Å²) in [6.45, 7) is 0. The van der Waals surface area contributed by atoms with Crippen molar-refractivity contribution < 1.29 is 0 Å². The molecule has 2 rings (SSSR count). The van der Waals surface area contributed by atoms with Crippen LogP contribution in [0, 0.1) is 0 Å². The Morgan fingerprint density at radius 2 is 1.59 bits per heavy atom. The maximum Gasteiger partial charge on any atom is 0.0929 e. The first-order valence-electron chi connectivity index (χ1n) is 4.52. The molecule has 1 aromatic carbocycles. The van der Waals surface area contributed by atoms with E-state index in [1.807, 2.05) is 18.2 Å². The molecule has 2 aromatic rings. The van der Waals surface area contributed by atoms with E-state index in [2.05, 4.69) is 31.9 Å². The molecule has 0 radical (unpaired) electrons. The Labute approximate surface area is 135 Å². The molecule has 0 amide bonds. The summed E-state index contributed by atoms with van der Waals surface area (Å²) in [7, 11) is 0. The van der Waals surface area contributed by atoms with Crippen LogP contribution in [0.15, 0.2) is 32.5 Å². The zero-order valence-corrected chi connectivity index (χ0v) is 14.4. The van der Waals surface area contributed by atoms with Gasteiger partial charge >= 0.3 is 0 Å². The second kappa shape index (κ2) is 5.81. The number of alkyl halides is 1. The quantitative estimate of drug-likeness (QED) is 0.450. The lowest BCUT2D eigenvalue weighted by Gasteiger charge is -2.08. The van der Waals surface area contributed by atoms with Gasteiger partial charge in [0.2, 0.25) is 0 Å². The minimum Gasteiger partial charge on any atom is -0.130 e. The third kappa shape index (κ3) is 3.40. The Balaban J connectivity index is 2.39. The van der Waals surface area contributed by atoms with Gasteiger partial charge in [-0.2, -0.15) is 0 Å². The molecule has 0 N–H and O–H groups in total. The lowest BCUT2D eigenvalue weighted by molar-refractivity contribution is 1.18. The van der Waals surface area contributed by atoms with Crippen LogP contribution in [0.1, 0.15) is 15.8 Å². The average molecular weight is 435 g/mol. The Hall–Kier alpha value is 0.750. The lowest BCUT2D eigenvalue weighted by atomic mass is 10.1. The van der Waals surface area contributed by atoms with Gasteiger partial charge < -0.3 is 0 Å². The van der Waals surface area contributed by atoms with Gasteiger partial charge in [0.05, 0.1) is 9.16 Å². The number of hydrogen-bond acceptors (Lipinski definition) is 1. The highest BCUT2D eigenvalue weighted by Gasteiger charge is 2.16. The molecule has 6 heteroatoms. The largest absolute Gasteiger partial charge is 0.130 e. The van der Waals surface area contributed by atoms with E-state index in [9.17, 15) is 0 Å². The van der Waals surface area contributed by atoms with Crippen LogP contribution in [0.3, 0.4) is 0 Å². The van der Waals surface area contributed by atoms with Crippen molar-refractivity contribution in [1.29, 1.82) is 0 Å². The summed E-state index contributed by atoms with van der Waals surface area (Å²) < 4.78 is 2.02. The molecule has 1 aromatic heterocycles. The van der Waals surface area contributed by atoms with Crippen molar-refractivity contribution in [3.63, 3.8) is 0 Å². The monoisotopic (exact) mass is 432 g/mol. The summed E-state index contributed by atoms with van der Waals surface area (Å²) in [4.78, 5) is 1.03. The fraction of sp³-hybridized carbons (Fsp3) is 0.0909. The normalized spacial score (nSPS) is 12.8. The van der Waals surface area contributed by atoms with E-state index >= 15 is 0 Å². The highest BCUT2D eigenvalue weighted by molar-refractivity contribution is 9.13. The third-order valence-corrected chi connectivity index (χ3v) is 6.47. The summed E-state index contributed by atoms with van der Waals surface area (Å²) in [5.41, 5.74) is 0.894. The maximum absolute atomic E-state index is 6.41. The van der Waals surface area contributed by atoms with Gasteiger partial charge in [-0.15, -0.1) is 22.9 Å². The molecule has 0 nitrogen and oxygen atoms in total. The summed E-state index contributed by atoms with van der Waals surface area (Å²) in [6, 6.07) is 7.33. The first kappa shape index (κ1) is 14.2. The maximum atomic E-state index is 6.41. The Bertz CT molecular complexity index is 514. The standard InChI is InChI=1S/C11H5Br2Cl3S/c12-8-4-9(17-11(8)13)10(16)5-1-6(14)3-7(15)2-5/h1-4,10H. The topological polar surface area (TPSA) is 0 Å². The van der Waals surface area contributed by atoms with Gasteiger partial charge in [-0.1, -0.05) is 23.2 Å². The van der Waals surface area contributed by atoms with Gasteiger partial charge in [-0.25, -0.2) is 0 Å². The number of benzene rings is 1. The first-order valence-corrected chi connectivity index (χ1v) is 8.11. The van der Waals surface area contributed by atoms with E-state index in [4.69, 9.17) is 34.8 Å². The predicted molar refractivity (Wildman–Crippen MR) is 83.9 cm³/mol. The average Bonchev–Trinajstić information content (AvgIpc) is 2.57. The van der Waals surface area contributed by atoms with Crippen LogP contribution >= 0.6 is 78.0 Å². The van der Waals surface area contributed by atoms with Gasteiger partial charge in [0, 0.05) is 19.4 Å². The molecule has 17 heavy (non-hydrogen) atoms. The first-order chi connectivity index (χ1) is 7.97. The second-order valence-corrected chi connectivity index (χ2v) is 7.90. The van der Waals surface area contributed by atoms with E-state index in [0.717, 1.165) is 18.7 Å². The molecule has 1 unspecified atom stereocenters. The molecular weight excluding hydrogens is 430 g/mol. The van der Waals surface area contributed by atoms with Crippen molar-refractivity contribution in [2.75, 3.05) is 0 Å². The number of thiophene rings is 1. The summed E-state index contributed by atoms with van der Waals surface area (Å²) in [5, 5.41) is 0.930. The lowest BCUT2D eigenvalue weighted by Crippen LogP contribution is -1.90. The van der Waals surface area contributed by atoms with E-state index in [0.29, 0.717) is 10.0 Å². The molecular formula is C11H5Br2Cl3S. The summed E-state index contributed by atoms with van der Waals surface area (Å²) >= 11 is 26.8. The molecule has 0 spiro atoms. The minimum absolute atomic E-state index is 0.251. The van der Waals surface area contributed by atoms with Crippen LogP contribution in [0.5, 0.6) is 0 Å². The fourth-order valence-corrected chi connectivity index (χ4v) is 4.34. The molecule has 1 heterocycles. The van der Waals surface area contributed by atoms with Crippen LogP contribution in [-0.2, 0) is 0 Å². The van der Waals surface area contributed by atoms with E-state index < -0.39 is 0 Å². The number of halogens is 5. The Kier molecular flexibility index (Phi) is 4.84. The molecule has 0 bridgehead atoms. The molecule has 0 saturated heterocycles. The van der Waals surface area contributed by atoms with Gasteiger partial charge in [0.1, 0.15) is 0 Å². The Morgan fingerprint density at radius 1 is 1.00 bits per heavy atom. The smallest absolute Gasteiger partial charge is 0.0929 e. The number of rotatable bonds is 2. The molecule has 0 saturated carbocycles. The molecule has 1 atom stereocenters. The SMILES string of the molecule is Clc1cc(Cl)cc(C(Cl)c2cc(Br)c(Br)s2)c1. The molecule has 0 aliphatic carbocycles. The van der Waals surface area contributed by atoms with Gasteiger partial charge in [0.15, 0.2) is 0 Å². The van der Waals surface area contributed by atoms with Crippen molar-refractivity contribution in [2.45, 2.75) is 5.38 Å². The van der Waals surface area contributed by atoms with Crippen molar-refractivity contribution in [3.8, 4) is 0 Å². The van der Waals surface area contributed by atoms with E-state index in [1.165, 1.54) is 0 Å². The number of hydrogen-bond donors (Lipinski definition) is 0. The van der Waals surface area contributed by atoms with Gasteiger partial charge in [0.25, 0.3) is 0 Å². The minimum atomic E-state index is -0.251. The molecule has 0 fully saturated rings. The van der Waals surface area contributed by atoms with Crippen molar-refractivity contribution in [1.82, 2.24) is 0 Å². The van der Waals surface area contributed by atoms with Crippen LogP contribution in [0.2, 0.25) is 10.0 Å². The van der Waals surface area contributed by atoms with Gasteiger partial charge in [-0.3, -0.25) is 0 Å². The highest BCUT2D eigenvalue weighted by Crippen LogP contribution is 2.41. The van der Waals surface area contributed by atoms with Crippen LogP contribution in [0.25, 0.3) is 0 Å². The van der Waals surface area contributed by atoms with Crippen LogP contribution < -0.4 is 0 Å². The van der Waals surface area contributed by atoms with E-state index in [1.54, 1.807) is 17.4 Å². The van der Waals surface area contributed by atoms with Crippen molar-refractivity contribution >= 4 is 78.0 Å².